The fraction of sp³-hybridized carbons (Fsp3) is 0.524. The third-order valence-corrected chi connectivity index (χ3v) is 5.53. The Morgan fingerprint density at radius 1 is 1.00 bits per heavy atom. The third-order valence-electron chi connectivity index (χ3n) is 5.53. The summed E-state index contributed by atoms with van der Waals surface area (Å²) in [5.74, 6) is -0.659. The maximum absolute atomic E-state index is 12.3. The highest BCUT2D eigenvalue weighted by Crippen LogP contribution is 2.23. The number of piperidine rings is 1. The summed E-state index contributed by atoms with van der Waals surface area (Å²) in [4.78, 5) is 51.5. The Morgan fingerprint density at radius 3 is 2.18 bits per heavy atom. The Kier molecular flexibility index (Phi) is 6.44. The van der Waals surface area contributed by atoms with Gasteiger partial charge in [-0.15, -0.1) is 0 Å². The zero-order chi connectivity index (χ0) is 20.1. The summed E-state index contributed by atoms with van der Waals surface area (Å²) in [7, 11) is 1.39. The third kappa shape index (κ3) is 4.24. The van der Waals surface area contributed by atoms with E-state index in [2.05, 4.69) is 0 Å². The molecule has 1 aromatic carbocycles. The van der Waals surface area contributed by atoms with Crippen LogP contribution >= 0.6 is 0 Å². The minimum absolute atomic E-state index is 0.101. The van der Waals surface area contributed by atoms with Crippen LogP contribution in [0.2, 0.25) is 0 Å². The summed E-state index contributed by atoms with van der Waals surface area (Å²) in [6.07, 6.45) is 3.93. The first-order chi connectivity index (χ1) is 13.5. The molecule has 1 aromatic rings. The zero-order valence-corrected chi connectivity index (χ0v) is 16.2. The molecule has 2 aliphatic heterocycles. The number of benzene rings is 1. The van der Waals surface area contributed by atoms with Crippen LogP contribution in [0.4, 0.5) is 0 Å². The number of ether oxygens (including phenoxy) is 1. The van der Waals surface area contributed by atoms with Gasteiger partial charge in [0.05, 0.1) is 24.2 Å². The molecule has 0 bridgehead atoms. The number of nitrogens with zero attached hydrogens (tertiary/aromatic N) is 2. The van der Waals surface area contributed by atoms with E-state index in [0.29, 0.717) is 56.4 Å². The van der Waals surface area contributed by atoms with Crippen molar-refractivity contribution in [2.24, 2.45) is 5.92 Å². The molecule has 0 saturated carbocycles. The molecule has 2 aliphatic rings. The molecule has 0 spiro atoms. The molecule has 0 radical (unpaired) electrons. The summed E-state index contributed by atoms with van der Waals surface area (Å²) >= 11 is 0. The molecular weight excluding hydrogens is 360 g/mol. The number of amides is 3. The van der Waals surface area contributed by atoms with E-state index in [9.17, 15) is 19.2 Å². The molecular formula is C21H26N2O5. The number of hydrogen-bond donors (Lipinski definition) is 0. The van der Waals surface area contributed by atoms with Crippen LogP contribution in [0, 0.1) is 5.92 Å². The molecule has 1 saturated heterocycles. The smallest absolute Gasteiger partial charge is 0.308 e. The standard InChI is InChI=1S/C21H26N2O5/c1-28-21(27)15-10-13-22(14-11-15)18(24)9-3-2-6-12-23-19(25)16-7-4-5-8-17(16)20(23)26/h4-5,7-8,15H,2-3,6,9-14H2,1H3. The quantitative estimate of drug-likeness (QED) is 0.408. The molecule has 28 heavy (non-hydrogen) atoms. The van der Waals surface area contributed by atoms with Crippen LogP contribution < -0.4 is 0 Å². The SMILES string of the molecule is COC(=O)C1CCN(C(=O)CCCCCN2C(=O)c3ccccc3C2=O)CC1. The number of imide groups is 1. The molecule has 0 aliphatic carbocycles. The first kappa shape index (κ1) is 20.0. The Labute approximate surface area is 164 Å². The molecule has 1 fully saturated rings. The molecule has 150 valence electrons. The number of rotatable bonds is 7. The zero-order valence-electron chi connectivity index (χ0n) is 16.2. The summed E-state index contributed by atoms with van der Waals surface area (Å²) in [5, 5.41) is 0. The number of methoxy groups -OCH3 is 1. The second kappa shape index (κ2) is 8.99. The minimum Gasteiger partial charge on any atom is -0.469 e. The summed E-state index contributed by atoms with van der Waals surface area (Å²) in [5.41, 5.74) is 0.941. The van der Waals surface area contributed by atoms with Crippen LogP contribution in [0.3, 0.4) is 0 Å². The van der Waals surface area contributed by atoms with Gasteiger partial charge in [-0.05, 0) is 37.8 Å². The predicted octanol–water partition coefficient (Wildman–Crippen LogP) is 2.25. The molecule has 0 aromatic heterocycles. The van der Waals surface area contributed by atoms with E-state index in [4.69, 9.17) is 4.74 Å². The Hall–Kier alpha value is -2.70. The molecule has 0 N–H and O–H groups in total. The topological polar surface area (TPSA) is 84.0 Å². The van der Waals surface area contributed by atoms with Gasteiger partial charge in [0.25, 0.3) is 11.8 Å². The lowest BCUT2D eigenvalue weighted by atomic mass is 9.96. The van der Waals surface area contributed by atoms with E-state index in [-0.39, 0.29) is 29.6 Å². The second-order valence-corrected chi connectivity index (χ2v) is 7.30. The molecule has 0 unspecified atom stereocenters. The van der Waals surface area contributed by atoms with Gasteiger partial charge in [0.15, 0.2) is 0 Å². The second-order valence-electron chi connectivity index (χ2n) is 7.30. The van der Waals surface area contributed by atoms with Gasteiger partial charge in [0, 0.05) is 26.1 Å². The fourth-order valence-electron chi connectivity index (χ4n) is 3.85. The Balaban J connectivity index is 1.35. The maximum Gasteiger partial charge on any atom is 0.308 e. The number of carbonyl (C=O) groups excluding carboxylic acids is 4. The van der Waals surface area contributed by atoms with Crippen LogP contribution in [0.25, 0.3) is 0 Å². The number of hydrogen-bond acceptors (Lipinski definition) is 5. The lowest BCUT2D eigenvalue weighted by Crippen LogP contribution is -2.40. The monoisotopic (exact) mass is 386 g/mol. The van der Waals surface area contributed by atoms with Crippen molar-refractivity contribution in [1.82, 2.24) is 9.80 Å². The van der Waals surface area contributed by atoms with E-state index in [1.54, 1.807) is 24.3 Å². The van der Waals surface area contributed by atoms with E-state index in [0.717, 1.165) is 12.8 Å². The number of fused-ring (bicyclic) bond motifs is 1. The minimum atomic E-state index is -0.231. The normalized spacial score (nSPS) is 17.0. The molecule has 3 amide bonds. The lowest BCUT2D eigenvalue weighted by molar-refractivity contribution is -0.148. The van der Waals surface area contributed by atoms with Gasteiger partial charge in [-0.3, -0.25) is 24.1 Å². The highest BCUT2D eigenvalue weighted by Gasteiger charge is 2.34. The first-order valence-corrected chi connectivity index (χ1v) is 9.83. The van der Waals surface area contributed by atoms with Crippen LogP contribution in [-0.2, 0) is 14.3 Å². The van der Waals surface area contributed by atoms with Crippen molar-refractivity contribution < 1.29 is 23.9 Å². The molecule has 2 heterocycles. The van der Waals surface area contributed by atoms with Gasteiger partial charge < -0.3 is 9.64 Å². The van der Waals surface area contributed by atoms with E-state index in [1.165, 1.54) is 12.0 Å². The Morgan fingerprint density at radius 2 is 1.61 bits per heavy atom. The Bertz CT molecular complexity index is 733. The lowest BCUT2D eigenvalue weighted by Gasteiger charge is -2.30. The van der Waals surface area contributed by atoms with E-state index in [1.807, 2.05) is 4.90 Å². The van der Waals surface area contributed by atoms with Crippen LogP contribution in [0.15, 0.2) is 24.3 Å². The van der Waals surface area contributed by atoms with Gasteiger partial charge in [-0.25, -0.2) is 0 Å². The van der Waals surface area contributed by atoms with Crippen LogP contribution in [0.1, 0.15) is 59.2 Å². The van der Waals surface area contributed by atoms with Crippen molar-refractivity contribution in [3.05, 3.63) is 35.4 Å². The molecule has 7 nitrogen and oxygen atoms in total. The maximum atomic E-state index is 12.3. The molecule has 3 rings (SSSR count). The fourth-order valence-corrected chi connectivity index (χ4v) is 3.85. The average Bonchev–Trinajstić information content (AvgIpc) is 2.98. The van der Waals surface area contributed by atoms with Crippen molar-refractivity contribution in [2.75, 3.05) is 26.7 Å². The number of likely N-dealkylation sites (tertiary alicyclic amines) is 1. The highest BCUT2D eigenvalue weighted by atomic mass is 16.5. The largest absolute Gasteiger partial charge is 0.469 e. The molecule has 0 atom stereocenters. The van der Waals surface area contributed by atoms with Gasteiger partial charge in [0.1, 0.15) is 0 Å². The van der Waals surface area contributed by atoms with E-state index >= 15 is 0 Å². The van der Waals surface area contributed by atoms with Crippen molar-refractivity contribution in [1.29, 1.82) is 0 Å². The first-order valence-electron chi connectivity index (χ1n) is 9.83. The summed E-state index contributed by atoms with van der Waals surface area (Å²) in [6.45, 7) is 1.56. The predicted molar refractivity (Wildman–Crippen MR) is 102 cm³/mol. The summed E-state index contributed by atoms with van der Waals surface area (Å²) in [6, 6.07) is 6.87. The van der Waals surface area contributed by atoms with E-state index < -0.39 is 0 Å². The van der Waals surface area contributed by atoms with Gasteiger partial charge in [-0.2, -0.15) is 0 Å². The molecule has 7 heteroatoms. The number of unbranched alkanes of at least 4 members (excludes halogenated alkanes) is 2. The number of esters is 1. The van der Waals surface area contributed by atoms with Crippen molar-refractivity contribution in [3.63, 3.8) is 0 Å². The van der Waals surface area contributed by atoms with Crippen LogP contribution in [-0.4, -0.2) is 60.2 Å². The van der Waals surface area contributed by atoms with Crippen LogP contribution in [0.5, 0.6) is 0 Å². The van der Waals surface area contributed by atoms with Crippen molar-refractivity contribution in [3.8, 4) is 0 Å². The van der Waals surface area contributed by atoms with Gasteiger partial charge in [0.2, 0.25) is 5.91 Å². The summed E-state index contributed by atoms with van der Waals surface area (Å²) < 4.78 is 4.76. The average molecular weight is 386 g/mol. The van der Waals surface area contributed by atoms with Gasteiger partial charge in [-0.1, -0.05) is 18.6 Å². The number of carbonyl (C=O) groups is 4. The highest BCUT2D eigenvalue weighted by molar-refractivity contribution is 6.21. The van der Waals surface area contributed by atoms with Gasteiger partial charge >= 0.3 is 5.97 Å². The van der Waals surface area contributed by atoms with Crippen molar-refractivity contribution in [2.45, 2.75) is 38.5 Å². The van der Waals surface area contributed by atoms with Crippen molar-refractivity contribution >= 4 is 23.7 Å².